The summed E-state index contributed by atoms with van der Waals surface area (Å²) in [6, 6.07) is 52.7. The van der Waals surface area contributed by atoms with Gasteiger partial charge in [0.25, 0.3) is 0 Å². The van der Waals surface area contributed by atoms with Gasteiger partial charge in [0.1, 0.15) is 22.8 Å². The van der Waals surface area contributed by atoms with E-state index in [0.29, 0.717) is 0 Å². The van der Waals surface area contributed by atoms with Gasteiger partial charge in [-0.05, 0) is 56.4 Å². The SMILES string of the molecule is c1ccc(C2=NC(c3ccc4c(ccc5ccccc54)c3)N=C(c3cccc4oc5cccc(-c6ccccc6)c5c34)N2)cc1. The molecule has 7 aromatic carbocycles. The molecule has 1 unspecified atom stereocenters. The van der Waals surface area contributed by atoms with E-state index in [0.717, 1.165) is 61.4 Å². The number of hydrogen-bond acceptors (Lipinski definition) is 4. The third kappa shape index (κ3) is 4.30. The van der Waals surface area contributed by atoms with Crippen molar-refractivity contribution in [2.24, 2.45) is 9.98 Å². The molecule has 9 rings (SSSR count). The van der Waals surface area contributed by atoms with Crippen LogP contribution in [-0.4, -0.2) is 11.7 Å². The van der Waals surface area contributed by atoms with Gasteiger partial charge in [-0.2, -0.15) is 0 Å². The van der Waals surface area contributed by atoms with Crippen LogP contribution < -0.4 is 5.32 Å². The lowest BCUT2D eigenvalue weighted by Gasteiger charge is -2.23. The lowest BCUT2D eigenvalue weighted by atomic mass is 9.96. The van der Waals surface area contributed by atoms with Gasteiger partial charge in [0.05, 0.1) is 0 Å². The number of fused-ring (bicyclic) bond motifs is 6. The molecule has 0 radical (unpaired) electrons. The van der Waals surface area contributed by atoms with Crippen molar-refractivity contribution in [2.45, 2.75) is 6.17 Å². The van der Waals surface area contributed by atoms with Crippen molar-refractivity contribution >= 4 is 55.2 Å². The van der Waals surface area contributed by atoms with Gasteiger partial charge in [0.15, 0.2) is 6.17 Å². The van der Waals surface area contributed by atoms with E-state index in [4.69, 9.17) is 14.4 Å². The molecule has 0 aliphatic carbocycles. The molecule has 2 heterocycles. The maximum absolute atomic E-state index is 6.44. The van der Waals surface area contributed by atoms with Crippen LogP contribution in [0.1, 0.15) is 22.9 Å². The standard InChI is InChI=1S/C41H27N3O/c1-3-11-26(12-4-1)33-17-9-19-35-37(33)38-34(18-10-20-36(38)45-35)41-43-39(28-14-5-2-6-15-28)42-40(44-41)30-23-24-32-29(25-30)22-21-27-13-7-8-16-31(27)32/h1-25,40H,(H,42,43,44). The van der Waals surface area contributed by atoms with E-state index in [-0.39, 0.29) is 0 Å². The Bertz CT molecular complexity index is 2460. The topological polar surface area (TPSA) is 49.9 Å². The summed E-state index contributed by atoms with van der Waals surface area (Å²) in [4.78, 5) is 10.4. The van der Waals surface area contributed by atoms with Gasteiger partial charge < -0.3 is 9.73 Å². The molecule has 212 valence electrons. The third-order valence-electron chi connectivity index (χ3n) is 8.72. The fourth-order valence-electron chi connectivity index (χ4n) is 6.59. The average molecular weight is 578 g/mol. The average Bonchev–Trinajstić information content (AvgIpc) is 3.51. The summed E-state index contributed by atoms with van der Waals surface area (Å²) in [6.07, 6.45) is -0.422. The lowest BCUT2D eigenvalue weighted by molar-refractivity contribution is 0.669. The molecule has 1 atom stereocenters. The minimum Gasteiger partial charge on any atom is -0.456 e. The second-order valence-electron chi connectivity index (χ2n) is 11.4. The van der Waals surface area contributed by atoms with Crippen LogP contribution in [0.25, 0.3) is 54.6 Å². The first-order valence-corrected chi connectivity index (χ1v) is 15.2. The molecule has 0 amide bonds. The first-order chi connectivity index (χ1) is 22.3. The Labute approximate surface area is 260 Å². The predicted molar refractivity (Wildman–Crippen MR) is 186 cm³/mol. The van der Waals surface area contributed by atoms with Crippen LogP contribution in [0.4, 0.5) is 0 Å². The molecule has 4 heteroatoms. The van der Waals surface area contributed by atoms with Crippen molar-refractivity contribution < 1.29 is 4.42 Å². The highest BCUT2D eigenvalue weighted by Crippen LogP contribution is 2.39. The van der Waals surface area contributed by atoms with Crippen molar-refractivity contribution in [1.29, 1.82) is 0 Å². The second kappa shape index (κ2) is 10.3. The Kier molecular flexibility index (Phi) is 5.85. The Morgan fingerprint density at radius 1 is 0.467 bits per heavy atom. The number of benzene rings is 7. The van der Waals surface area contributed by atoms with Gasteiger partial charge in [-0.3, -0.25) is 0 Å². The molecule has 45 heavy (non-hydrogen) atoms. The molecule has 0 saturated heterocycles. The van der Waals surface area contributed by atoms with Crippen molar-refractivity contribution in [3.8, 4) is 11.1 Å². The molecular formula is C41H27N3O. The highest BCUT2D eigenvalue weighted by molar-refractivity contribution is 6.25. The largest absolute Gasteiger partial charge is 0.456 e. The number of aliphatic imine (C=N–C) groups is 2. The highest BCUT2D eigenvalue weighted by atomic mass is 16.3. The molecule has 0 fully saturated rings. The van der Waals surface area contributed by atoms with E-state index in [2.05, 4.69) is 115 Å². The summed E-state index contributed by atoms with van der Waals surface area (Å²) in [7, 11) is 0. The van der Waals surface area contributed by atoms with E-state index in [1.807, 2.05) is 42.5 Å². The molecular weight excluding hydrogens is 550 g/mol. The summed E-state index contributed by atoms with van der Waals surface area (Å²) in [6.45, 7) is 0. The minimum absolute atomic E-state index is 0.422. The fraction of sp³-hybridized carbons (Fsp3) is 0.0244. The van der Waals surface area contributed by atoms with Crippen LogP contribution >= 0.6 is 0 Å². The number of nitrogens with one attached hydrogen (secondary N) is 1. The van der Waals surface area contributed by atoms with Gasteiger partial charge in [-0.1, -0.05) is 133 Å². The second-order valence-corrected chi connectivity index (χ2v) is 11.4. The molecule has 8 aromatic rings. The van der Waals surface area contributed by atoms with Crippen LogP contribution in [0.2, 0.25) is 0 Å². The quantitative estimate of drug-likeness (QED) is 0.212. The van der Waals surface area contributed by atoms with E-state index in [1.54, 1.807) is 0 Å². The van der Waals surface area contributed by atoms with Gasteiger partial charge in [0, 0.05) is 21.9 Å². The Morgan fingerprint density at radius 3 is 1.89 bits per heavy atom. The monoisotopic (exact) mass is 577 g/mol. The number of hydrogen-bond donors (Lipinski definition) is 1. The molecule has 1 aliphatic rings. The number of furan rings is 1. The van der Waals surface area contributed by atoms with Crippen molar-refractivity contribution in [2.75, 3.05) is 0 Å². The summed E-state index contributed by atoms with van der Waals surface area (Å²) in [5, 5.41) is 10.6. The zero-order chi connectivity index (χ0) is 29.7. The molecule has 1 N–H and O–H groups in total. The Morgan fingerprint density at radius 2 is 1.09 bits per heavy atom. The maximum atomic E-state index is 6.44. The van der Waals surface area contributed by atoms with Gasteiger partial charge >= 0.3 is 0 Å². The molecule has 0 saturated carbocycles. The zero-order valence-corrected chi connectivity index (χ0v) is 24.3. The predicted octanol–water partition coefficient (Wildman–Crippen LogP) is 10.1. The Balaban J connectivity index is 1.25. The van der Waals surface area contributed by atoms with Gasteiger partial charge in [-0.15, -0.1) is 0 Å². The highest BCUT2D eigenvalue weighted by Gasteiger charge is 2.24. The van der Waals surface area contributed by atoms with E-state index in [1.165, 1.54) is 21.5 Å². The lowest BCUT2D eigenvalue weighted by Crippen LogP contribution is -2.36. The molecule has 0 bridgehead atoms. The molecule has 4 nitrogen and oxygen atoms in total. The molecule has 1 aromatic heterocycles. The zero-order valence-electron chi connectivity index (χ0n) is 24.3. The summed E-state index contributed by atoms with van der Waals surface area (Å²) in [5.41, 5.74) is 6.99. The van der Waals surface area contributed by atoms with Crippen molar-refractivity contribution in [3.05, 3.63) is 168 Å². The van der Waals surface area contributed by atoms with Crippen LogP contribution in [0.5, 0.6) is 0 Å². The van der Waals surface area contributed by atoms with Crippen LogP contribution in [-0.2, 0) is 0 Å². The molecule has 0 spiro atoms. The smallest absolute Gasteiger partial charge is 0.169 e. The molecule has 1 aliphatic heterocycles. The summed E-state index contributed by atoms with van der Waals surface area (Å²) in [5.74, 6) is 1.56. The number of rotatable bonds is 4. The fourth-order valence-corrected chi connectivity index (χ4v) is 6.59. The summed E-state index contributed by atoms with van der Waals surface area (Å²) < 4.78 is 6.44. The van der Waals surface area contributed by atoms with Gasteiger partial charge in [0.2, 0.25) is 0 Å². The first kappa shape index (κ1) is 25.5. The van der Waals surface area contributed by atoms with E-state index >= 15 is 0 Å². The van der Waals surface area contributed by atoms with Crippen molar-refractivity contribution in [3.63, 3.8) is 0 Å². The van der Waals surface area contributed by atoms with Crippen LogP contribution in [0.15, 0.2) is 166 Å². The number of amidine groups is 2. The Hall–Kier alpha value is -6.00. The normalized spacial score (nSPS) is 14.9. The first-order valence-electron chi connectivity index (χ1n) is 15.2. The van der Waals surface area contributed by atoms with Gasteiger partial charge in [-0.25, -0.2) is 9.98 Å². The van der Waals surface area contributed by atoms with E-state index < -0.39 is 6.17 Å². The summed E-state index contributed by atoms with van der Waals surface area (Å²) >= 11 is 0. The minimum atomic E-state index is -0.422. The number of nitrogens with zero attached hydrogens (tertiary/aromatic N) is 2. The van der Waals surface area contributed by atoms with Crippen LogP contribution in [0, 0.1) is 0 Å². The van der Waals surface area contributed by atoms with Crippen LogP contribution in [0.3, 0.4) is 0 Å². The third-order valence-corrected chi connectivity index (χ3v) is 8.72. The van der Waals surface area contributed by atoms with E-state index in [9.17, 15) is 0 Å². The maximum Gasteiger partial charge on any atom is 0.169 e. The van der Waals surface area contributed by atoms with Crippen molar-refractivity contribution in [1.82, 2.24) is 5.32 Å².